The first-order valence-electron chi connectivity index (χ1n) is 8.64. The van der Waals surface area contributed by atoms with E-state index < -0.39 is 0 Å². The van der Waals surface area contributed by atoms with E-state index in [9.17, 15) is 9.59 Å². The van der Waals surface area contributed by atoms with Crippen LogP contribution in [0.25, 0.3) is 0 Å². The van der Waals surface area contributed by atoms with Crippen molar-refractivity contribution in [2.45, 2.75) is 19.0 Å². The molecule has 0 spiro atoms. The molecule has 2 rings (SSSR count). The highest BCUT2D eigenvalue weighted by Crippen LogP contribution is 2.09. The molecule has 0 bridgehead atoms. The van der Waals surface area contributed by atoms with Crippen LogP contribution in [-0.2, 0) is 22.6 Å². The number of likely N-dealkylation sites (N-methyl/N-ethyl adjacent to an activating group) is 1. The molecule has 2 amide bonds. The minimum Gasteiger partial charge on any atom is -0.346 e. The average Bonchev–Trinajstić information content (AvgIpc) is 2.67. The molecule has 0 heterocycles. The van der Waals surface area contributed by atoms with Crippen LogP contribution in [0.1, 0.15) is 11.1 Å². The molecule has 0 aliphatic carbocycles. The molecule has 6 nitrogen and oxygen atoms in total. The maximum atomic E-state index is 12.3. The van der Waals surface area contributed by atoms with Crippen molar-refractivity contribution in [3.8, 4) is 0 Å². The Morgan fingerprint density at radius 3 is 2.23 bits per heavy atom. The van der Waals surface area contributed by atoms with Gasteiger partial charge in [-0.25, -0.2) is 0 Å². The minimum atomic E-state index is -0.383. The molecule has 6 heteroatoms. The second-order valence-electron chi connectivity index (χ2n) is 6.02. The van der Waals surface area contributed by atoms with E-state index >= 15 is 0 Å². The summed E-state index contributed by atoms with van der Waals surface area (Å²) in [6.07, 6.45) is 0.567. The summed E-state index contributed by atoms with van der Waals surface area (Å²) in [5, 5.41) is 11.5. The van der Waals surface area contributed by atoms with Gasteiger partial charge >= 0.3 is 0 Å². The lowest BCUT2D eigenvalue weighted by Gasteiger charge is -2.16. The summed E-state index contributed by atoms with van der Waals surface area (Å²) in [5.41, 5.74) is 2.91. The van der Waals surface area contributed by atoms with Crippen molar-refractivity contribution in [2.24, 2.45) is 0 Å². The number of carbonyl (C=O) groups is 2. The molecule has 26 heavy (non-hydrogen) atoms. The number of hydrogen-bond donors (Lipinski definition) is 4. The molecule has 138 valence electrons. The molecule has 0 saturated heterocycles. The monoisotopic (exact) mass is 354 g/mol. The number of benzene rings is 2. The zero-order chi connectivity index (χ0) is 18.8. The summed E-state index contributed by atoms with van der Waals surface area (Å²) >= 11 is 0. The van der Waals surface area contributed by atoms with E-state index in [2.05, 4.69) is 21.3 Å². The van der Waals surface area contributed by atoms with Gasteiger partial charge in [-0.3, -0.25) is 9.59 Å². The van der Waals surface area contributed by atoms with Gasteiger partial charge in [0.15, 0.2) is 0 Å². The van der Waals surface area contributed by atoms with Gasteiger partial charge in [0.05, 0.1) is 12.6 Å². The molecule has 0 fully saturated rings. The first-order chi connectivity index (χ1) is 12.6. The zero-order valence-corrected chi connectivity index (χ0v) is 15.2. The molecule has 0 saturated carbocycles. The van der Waals surface area contributed by atoms with E-state index in [1.807, 2.05) is 61.6 Å². The maximum Gasteiger partial charge on any atom is 0.243 e. The van der Waals surface area contributed by atoms with Gasteiger partial charge in [0, 0.05) is 12.2 Å². The molecule has 2 aromatic rings. The van der Waals surface area contributed by atoms with Crippen molar-refractivity contribution in [2.75, 3.05) is 26.0 Å². The highest BCUT2D eigenvalue weighted by atomic mass is 16.2. The highest BCUT2D eigenvalue weighted by Gasteiger charge is 2.17. The Hall–Kier alpha value is -2.70. The van der Waals surface area contributed by atoms with Crippen molar-refractivity contribution >= 4 is 17.5 Å². The van der Waals surface area contributed by atoms with Gasteiger partial charge in [-0.15, -0.1) is 0 Å². The van der Waals surface area contributed by atoms with Crippen molar-refractivity contribution in [3.05, 3.63) is 65.7 Å². The largest absolute Gasteiger partial charge is 0.346 e. The quantitative estimate of drug-likeness (QED) is 0.547. The lowest BCUT2D eigenvalue weighted by Crippen LogP contribution is -2.46. The van der Waals surface area contributed by atoms with Crippen LogP contribution in [0, 0.1) is 0 Å². The summed E-state index contributed by atoms with van der Waals surface area (Å²) in [4.78, 5) is 24.3. The van der Waals surface area contributed by atoms with E-state index in [1.54, 1.807) is 7.05 Å². The zero-order valence-electron chi connectivity index (χ0n) is 15.2. The van der Waals surface area contributed by atoms with Crippen molar-refractivity contribution in [1.82, 2.24) is 16.0 Å². The third-order valence-electron chi connectivity index (χ3n) is 3.99. The molecule has 1 unspecified atom stereocenters. The van der Waals surface area contributed by atoms with Gasteiger partial charge in [0.2, 0.25) is 11.8 Å². The Labute approximate surface area is 154 Å². The normalized spacial score (nSPS) is 11.6. The predicted octanol–water partition coefficient (Wildman–Crippen LogP) is 1.29. The van der Waals surface area contributed by atoms with Crippen LogP contribution in [0.3, 0.4) is 0 Å². The number of rotatable bonds is 9. The number of nitrogens with one attached hydrogen (secondary N) is 4. The summed E-state index contributed by atoms with van der Waals surface area (Å²) in [6.45, 7) is 0.709. The van der Waals surface area contributed by atoms with Crippen LogP contribution in [0.2, 0.25) is 0 Å². The van der Waals surface area contributed by atoms with Crippen LogP contribution in [-0.4, -0.2) is 38.5 Å². The first-order valence-corrected chi connectivity index (χ1v) is 8.64. The lowest BCUT2D eigenvalue weighted by atomic mass is 10.1. The molecule has 0 aliphatic rings. The summed E-state index contributed by atoms with van der Waals surface area (Å²) in [7, 11) is 3.62. The predicted molar refractivity (Wildman–Crippen MR) is 104 cm³/mol. The Morgan fingerprint density at radius 2 is 1.62 bits per heavy atom. The van der Waals surface area contributed by atoms with Crippen LogP contribution >= 0.6 is 0 Å². The second-order valence-corrected chi connectivity index (χ2v) is 6.02. The van der Waals surface area contributed by atoms with Crippen LogP contribution in [0.4, 0.5) is 5.69 Å². The van der Waals surface area contributed by atoms with Crippen molar-refractivity contribution < 1.29 is 9.59 Å². The summed E-state index contributed by atoms with van der Waals surface area (Å²) in [5.74, 6) is -0.454. The topological polar surface area (TPSA) is 82.3 Å². The molecule has 4 N–H and O–H groups in total. The van der Waals surface area contributed by atoms with Crippen LogP contribution in [0.5, 0.6) is 0 Å². The number of anilines is 1. The molecular weight excluding hydrogens is 328 g/mol. The first kappa shape index (κ1) is 19.6. The van der Waals surface area contributed by atoms with Gasteiger partial charge in [-0.1, -0.05) is 42.5 Å². The fraction of sp³-hybridized carbons (Fsp3) is 0.300. The molecular formula is C20H26N4O2. The van der Waals surface area contributed by atoms with Gasteiger partial charge < -0.3 is 21.3 Å². The smallest absolute Gasteiger partial charge is 0.243 e. The van der Waals surface area contributed by atoms with Gasteiger partial charge in [0.25, 0.3) is 0 Å². The van der Waals surface area contributed by atoms with E-state index in [1.165, 1.54) is 0 Å². The van der Waals surface area contributed by atoms with E-state index in [0.717, 1.165) is 17.7 Å². The Balaban J connectivity index is 1.80. The molecule has 2 aromatic carbocycles. The van der Waals surface area contributed by atoms with Crippen LogP contribution < -0.4 is 21.3 Å². The molecule has 1 atom stereocenters. The van der Waals surface area contributed by atoms with Gasteiger partial charge in [0.1, 0.15) is 0 Å². The number of hydrogen-bond acceptors (Lipinski definition) is 4. The van der Waals surface area contributed by atoms with Crippen LogP contribution in [0.15, 0.2) is 54.6 Å². The maximum absolute atomic E-state index is 12.3. The second kappa shape index (κ2) is 10.3. The Morgan fingerprint density at radius 1 is 0.923 bits per heavy atom. The van der Waals surface area contributed by atoms with Gasteiger partial charge in [-0.05, 0) is 43.8 Å². The van der Waals surface area contributed by atoms with Crippen molar-refractivity contribution in [3.63, 3.8) is 0 Å². The lowest BCUT2D eigenvalue weighted by molar-refractivity contribution is -0.125. The highest BCUT2D eigenvalue weighted by molar-refractivity contribution is 5.95. The van der Waals surface area contributed by atoms with Gasteiger partial charge in [-0.2, -0.15) is 0 Å². The third-order valence-corrected chi connectivity index (χ3v) is 3.99. The van der Waals surface area contributed by atoms with E-state index in [-0.39, 0.29) is 24.4 Å². The Bertz CT molecular complexity index is 702. The van der Waals surface area contributed by atoms with Crippen molar-refractivity contribution in [1.29, 1.82) is 0 Å². The Kier molecular flexibility index (Phi) is 7.79. The summed E-state index contributed by atoms with van der Waals surface area (Å²) < 4.78 is 0. The molecule has 0 radical (unpaired) electrons. The minimum absolute atomic E-state index is 0.0654. The number of carbonyl (C=O) groups excluding carboxylic acids is 2. The fourth-order valence-electron chi connectivity index (χ4n) is 2.58. The SMILES string of the molecule is CNCc1ccc(NC(=O)CNC(=O)C(Cc2ccccc2)NC)cc1. The standard InChI is InChI=1S/C20H26N4O2/c1-21-13-16-8-10-17(11-9-16)24-19(25)14-23-20(26)18(22-2)12-15-6-4-3-5-7-15/h3-11,18,21-22H,12-14H2,1-2H3,(H,23,26)(H,24,25). The third kappa shape index (κ3) is 6.31. The summed E-state index contributed by atoms with van der Waals surface area (Å²) in [6, 6.07) is 17.0. The average molecular weight is 354 g/mol. The molecule has 0 aliphatic heterocycles. The molecule has 0 aromatic heterocycles. The van der Waals surface area contributed by atoms with E-state index in [0.29, 0.717) is 12.1 Å². The number of amides is 2. The van der Waals surface area contributed by atoms with E-state index in [4.69, 9.17) is 0 Å². The fourth-order valence-corrected chi connectivity index (χ4v) is 2.58.